The molecule has 0 N–H and O–H groups in total. The van der Waals surface area contributed by atoms with Crippen LogP contribution in [0.4, 0.5) is 0 Å². The maximum atomic E-state index is 14.2. The predicted octanol–water partition coefficient (Wildman–Crippen LogP) is 6.63. The Labute approximate surface area is 211 Å². The van der Waals surface area contributed by atoms with Gasteiger partial charge in [-0.25, -0.2) is 0 Å². The number of hydrogen-bond donors (Lipinski definition) is 0. The van der Waals surface area contributed by atoms with Crippen LogP contribution in [0, 0.1) is 44.3 Å². The van der Waals surface area contributed by atoms with Gasteiger partial charge >= 0.3 is 5.97 Å². The molecule has 7 unspecified atom stereocenters. The van der Waals surface area contributed by atoms with Crippen LogP contribution in [-0.2, 0) is 19.1 Å². The maximum Gasteiger partial charge on any atom is 0.315 e. The van der Waals surface area contributed by atoms with Crippen molar-refractivity contribution in [2.24, 2.45) is 44.3 Å². The summed E-state index contributed by atoms with van der Waals surface area (Å²) in [5.41, 5.74) is 0.877. The predicted molar refractivity (Wildman–Crippen MR) is 136 cm³/mol. The second-order valence-corrected chi connectivity index (χ2v) is 14.4. The van der Waals surface area contributed by atoms with E-state index in [9.17, 15) is 14.4 Å². The number of esters is 1. The van der Waals surface area contributed by atoms with E-state index in [1.807, 2.05) is 13.0 Å². The third kappa shape index (κ3) is 2.95. The zero-order valence-corrected chi connectivity index (χ0v) is 23.1. The van der Waals surface area contributed by atoms with Crippen LogP contribution >= 0.6 is 0 Å². The Morgan fingerprint density at radius 1 is 0.886 bits per heavy atom. The summed E-state index contributed by atoms with van der Waals surface area (Å²) < 4.78 is 5.20. The van der Waals surface area contributed by atoms with Gasteiger partial charge in [0.15, 0.2) is 5.78 Å². The number of allylic oxidation sites excluding steroid dienone is 3. The number of ether oxygens (including phenoxy) is 1. The van der Waals surface area contributed by atoms with Crippen LogP contribution in [0.2, 0.25) is 0 Å². The fourth-order valence-electron chi connectivity index (χ4n) is 9.79. The molecule has 3 fully saturated rings. The molecular weight excluding hydrogens is 436 g/mol. The Bertz CT molecular complexity index is 1080. The number of carbonyl (C=O) groups is 3. The van der Waals surface area contributed by atoms with Crippen LogP contribution in [0.15, 0.2) is 23.3 Å². The number of fused-ring (bicyclic) bond motifs is 7. The summed E-state index contributed by atoms with van der Waals surface area (Å²) in [4.78, 5) is 39.9. The monoisotopic (exact) mass is 480 g/mol. The molecule has 0 heterocycles. The van der Waals surface area contributed by atoms with Crippen LogP contribution in [0.1, 0.15) is 99.8 Å². The molecule has 0 aromatic rings. The van der Waals surface area contributed by atoms with E-state index in [0.717, 1.165) is 44.9 Å². The second-order valence-electron chi connectivity index (χ2n) is 14.4. The van der Waals surface area contributed by atoms with E-state index in [0.29, 0.717) is 12.2 Å². The molecule has 0 radical (unpaired) electrons. The fourth-order valence-corrected chi connectivity index (χ4v) is 9.79. The summed E-state index contributed by atoms with van der Waals surface area (Å²) in [5, 5.41) is 0. The Morgan fingerprint density at radius 2 is 1.54 bits per heavy atom. The van der Waals surface area contributed by atoms with Crippen LogP contribution in [0.25, 0.3) is 0 Å². The number of Topliss-reactive ketones (excluding diaryl/α,β-unsaturated/α-hetero) is 1. The Kier molecular flexibility index (Phi) is 5.13. The summed E-state index contributed by atoms with van der Waals surface area (Å²) >= 11 is 0. The number of methoxy groups -OCH3 is 1. The fraction of sp³-hybridized carbons (Fsp3) is 0.774. The van der Waals surface area contributed by atoms with Gasteiger partial charge in [0.2, 0.25) is 0 Å². The maximum absolute atomic E-state index is 14.2. The van der Waals surface area contributed by atoms with Crippen molar-refractivity contribution < 1.29 is 19.1 Å². The lowest BCUT2D eigenvalue weighted by Crippen LogP contribution is -2.65. The summed E-state index contributed by atoms with van der Waals surface area (Å²) in [5.74, 6) is 0.580. The first kappa shape index (κ1) is 25.0. The molecule has 5 rings (SSSR count). The molecule has 4 heteroatoms. The minimum Gasteiger partial charge on any atom is -0.468 e. The second kappa shape index (κ2) is 7.19. The van der Waals surface area contributed by atoms with Gasteiger partial charge in [-0.2, -0.15) is 0 Å². The third-order valence-corrected chi connectivity index (χ3v) is 12.4. The highest BCUT2D eigenvalue weighted by atomic mass is 16.5. The zero-order chi connectivity index (χ0) is 25.8. The molecule has 0 aromatic carbocycles. The van der Waals surface area contributed by atoms with Gasteiger partial charge in [0.1, 0.15) is 5.78 Å². The first-order chi connectivity index (χ1) is 16.1. The first-order valence-electron chi connectivity index (χ1n) is 13.7. The summed E-state index contributed by atoms with van der Waals surface area (Å²) in [7, 11) is 1.47. The molecular formula is C31H44O4. The molecule has 192 valence electrons. The molecule has 5 aliphatic carbocycles. The molecule has 0 spiro atoms. The van der Waals surface area contributed by atoms with Crippen molar-refractivity contribution in [3.63, 3.8) is 0 Å². The van der Waals surface area contributed by atoms with E-state index in [2.05, 4.69) is 47.6 Å². The SMILES string of the molecule is COC(=O)C1(C)C=C2C3=CC(=O)C4C5(C)CCC(=O)C(C)(C)C5CCC4(C)C3(C)CCC2(C)CC1. The van der Waals surface area contributed by atoms with Gasteiger partial charge in [-0.15, -0.1) is 0 Å². The van der Waals surface area contributed by atoms with Crippen molar-refractivity contribution in [3.05, 3.63) is 23.3 Å². The number of ketones is 2. The molecule has 0 bridgehead atoms. The van der Waals surface area contributed by atoms with Crippen molar-refractivity contribution in [1.82, 2.24) is 0 Å². The average molecular weight is 481 g/mol. The first-order valence-corrected chi connectivity index (χ1v) is 13.7. The van der Waals surface area contributed by atoms with E-state index in [4.69, 9.17) is 4.74 Å². The Balaban J connectivity index is 1.67. The van der Waals surface area contributed by atoms with Crippen molar-refractivity contribution >= 4 is 17.5 Å². The molecule has 7 atom stereocenters. The standard InChI is InChI=1S/C31H44O4/c1-26(2)22-9-12-31(7)24(29(22,5)11-10-23(26)33)21(32)17-19-20-18-28(4,25(34)35-8)14-13-27(20,3)15-16-30(19,31)6/h17-18,22,24H,9-16H2,1-8H3. The lowest BCUT2D eigenvalue weighted by Gasteiger charge is -2.68. The molecule has 0 aromatic heterocycles. The van der Waals surface area contributed by atoms with E-state index >= 15 is 0 Å². The lowest BCUT2D eigenvalue weighted by molar-refractivity contribution is -0.182. The number of carbonyl (C=O) groups excluding carboxylic acids is 3. The highest BCUT2D eigenvalue weighted by Crippen LogP contribution is 2.74. The minimum atomic E-state index is -0.652. The van der Waals surface area contributed by atoms with Crippen LogP contribution in [0.3, 0.4) is 0 Å². The Morgan fingerprint density at radius 3 is 2.20 bits per heavy atom. The van der Waals surface area contributed by atoms with E-state index in [1.165, 1.54) is 18.3 Å². The lowest BCUT2D eigenvalue weighted by atomic mass is 9.34. The van der Waals surface area contributed by atoms with Crippen molar-refractivity contribution in [2.75, 3.05) is 7.11 Å². The van der Waals surface area contributed by atoms with Gasteiger partial charge in [0.05, 0.1) is 12.5 Å². The smallest absolute Gasteiger partial charge is 0.315 e. The number of hydrogen-bond acceptors (Lipinski definition) is 4. The van der Waals surface area contributed by atoms with Gasteiger partial charge < -0.3 is 4.74 Å². The zero-order valence-electron chi connectivity index (χ0n) is 23.1. The van der Waals surface area contributed by atoms with E-state index in [1.54, 1.807) is 0 Å². The summed E-state index contributed by atoms with van der Waals surface area (Å²) in [6.07, 6.45) is 11.3. The third-order valence-electron chi connectivity index (χ3n) is 12.4. The number of rotatable bonds is 1. The molecule has 3 saturated carbocycles. The summed E-state index contributed by atoms with van der Waals surface area (Å²) in [6.45, 7) is 15.6. The van der Waals surface area contributed by atoms with Gasteiger partial charge in [-0.1, -0.05) is 47.6 Å². The van der Waals surface area contributed by atoms with Gasteiger partial charge in [-0.3, -0.25) is 14.4 Å². The Hall–Kier alpha value is -1.71. The topological polar surface area (TPSA) is 60.4 Å². The van der Waals surface area contributed by atoms with Gasteiger partial charge in [-0.05, 0) is 96.7 Å². The van der Waals surface area contributed by atoms with Crippen LogP contribution < -0.4 is 0 Å². The molecule has 0 aliphatic heterocycles. The van der Waals surface area contributed by atoms with Crippen molar-refractivity contribution in [2.45, 2.75) is 99.8 Å². The quantitative estimate of drug-likeness (QED) is 0.395. The van der Waals surface area contributed by atoms with E-state index < -0.39 is 5.41 Å². The molecule has 35 heavy (non-hydrogen) atoms. The van der Waals surface area contributed by atoms with Crippen LogP contribution in [-0.4, -0.2) is 24.6 Å². The summed E-state index contributed by atoms with van der Waals surface area (Å²) in [6, 6.07) is 0. The van der Waals surface area contributed by atoms with Gasteiger partial charge in [0, 0.05) is 17.8 Å². The largest absolute Gasteiger partial charge is 0.468 e. The van der Waals surface area contributed by atoms with Crippen molar-refractivity contribution in [3.8, 4) is 0 Å². The minimum absolute atomic E-state index is 0.0112. The highest BCUT2D eigenvalue weighted by molar-refractivity contribution is 5.97. The molecule has 0 amide bonds. The molecule has 4 nitrogen and oxygen atoms in total. The normalized spacial score (nSPS) is 48.5. The molecule has 5 aliphatic rings. The van der Waals surface area contributed by atoms with Crippen molar-refractivity contribution in [1.29, 1.82) is 0 Å². The van der Waals surface area contributed by atoms with Gasteiger partial charge in [0.25, 0.3) is 0 Å². The average Bonchev–Trinajstić information content (AvgIpc) is 2.78. The highest BCUT2D eigenvalue weighted by Gasteiger charge is 2.69. The molecule has 0 saturated heterocycles. The van der Waals surface area contributed by atoms with E-state index in [-0.39, 0.29) is 50.7 Å². The van der Waals surface area contributed by atoms with Crippen LogP contribution in [0.5, 0.6) is 0 Å².